The van der Waals surface area contributed by atoms with Crippen LogP contribution in [0.25, 0.3) is 0 Å². The summed E-state index contributed by atoms with van der Waals surface area (Å²) >= 11 is 0. The molecule has 0 saturated carbocycles. The van der Waals surface area contributed by atoms with Crippen molar-refractivity contribution >= 4 is 16.6 Å². The van der Waals surface area contributed by atoms with Gasteiger partial charge < -0.3 is 14.2 Å². The molecule has 0 aliphatic heterocycles. The van der Waals surface area contributed by atoms with Gasteiger partial charge in [0.05, 0.1) is 8.07 Å². The fraction of sp³-hybridized carbons (Fsp3) is 1.00. The Morgan fingerprint density at radius 3 is 2.12 bits per heavy atom. The molecule has 0 aliphatic rings. The van der Waals surface area contributed by atoms with E-state index in [9.17, 15) is 0 Å². The zero-order chi connectivity index (χ0) is 13.5. The van der Waals surface area contributed by atoms with Crippen LogP contribution >= 0.6 is 0 Å². The largest absolute Gasteiger partial charge is 0.395 e. The Morgan fingerprint density at radius 1 is 1.12 bits per heavy atom. The highest BCUT2D eigenvalue weighted by atomic mass is 28.4. The van der Waals surface area contributed by atoms with Crippen LogP contribution < -0.4 is 5.32 Å². The topological polar surface area (TPSA) is 30.5 Å². The van der Waals surface area contributed by atoms with Crippen LogP contribution in [0.2, 0.25) is 32.2 Å². The number of rotatable bonds is 9. The van der Waals surface area contributed by atoms with E-state index in [1.165, 1.54) is 0 Å². The van der Waals surface area contributed by atoms with Crippen LogP contribution in [-0.4, -0.2) is 42.1 Å². The normalized spacial score (nSPS) is 17.8. The van der Waals surface area contributed by atoms with Gasteiger partial charge in [-0.3, -0.25) is 0 Å². The van der Waals surface area contributed by atoms with Gasteiger partial charge in [0.2, 0.25) is 0 Å². The number of hydrogen-bond donors (Lipinski definition) is 1. The average molecular weight is 278 g/mol. The third-order valence-corrected chi connectivity index (χ3v) is 8.80. The van der Waals surface area contributed by atoms with E-state index in [0.717, 1.165) is 25.7 Å². The molecule has 0 radical (unpaired) electrons. The van der Waals surface area contributed by atoms with Crippen LogP contribution in [0.1, 0.15) is 20.8 Å². The molecule has 5 heteroatoms. The smallest absolute Gasteiger partial charge is 0.336 e. The van der Waals surface area contributed by atoms with E-state index < -0.39 is 16.6 Å². The molecule has 0 heterocycles. The van der Waals surface area contributed by atoms with Gasteiger partial charge in [-0.25, -0.2) is 0 Å². The highest BCUT2D eigenvalue weighted by molar-refractivity contribution is 6.78. The van der Waals surface area contributed by atoms with Gasteiger partial charge in [-0.1, -0.05) is 26.6 Å². The SMILES string of the molecule is CCNCC[Si](C)(OCC)OC(C)[Si](C)(C)C. The van der Waals surface area contributed by atoms with Crippen molar-refractivity contribution in [3.63, 3.8) is 0 Å². The minimum atomic E-state index is -1.99. The summed E-state index contributed by atoms with van der Waals surface area (Å²) < 4.78 is 12.3. The molecule has 0 aliphatic carbocycles. The fourth-order valence-electron chi connectivity index (χ4n) is 1.51. The van der Waals surface area contributed by atoms with Crippen molar-refractivity contribution in [2.24, 2.45) is 0 Å². The summed E-state index contributed by atoms with van der Waals surface area (Å²) in [5.74, 6) is 0. The molecule has 0 rings (SSSR count). The van der Waals surface area contributed by atoms with E-state index >= 15 is 0 Å². The average Bonchev–Trinajstić information content (AvgIpc) is 2.16. The zero-order valence-corrected chi connectivity index (χ0v) is 14.7. The molecule has 2 atom stereocenters. The van der Waals surface area contributed by atoms with Crippen LogP contribution in [0, 0.1) is 0 Å². The molecule has 0 fully saturated rings. The van der Waals surface area contributed by atoms with Crippen LogP contribution in [0.4, 0.5) is 0 Å². The van der Waals surface area contributed by atoms with Crippen molar-refractivity contribution in [3.8, 4) is 0 Å². The quantitative estimate of drug-likeness (QED) is 0.519. The predicted molar refractivity (Wildman–Crippen MR) is 80.5 cm³/mol. The lowest BCUT2D eigenvalue weighted by Gasteiger charge is -2.35. The summed E-state index contributed by atoms with van der Waals surface area (Å²) in [6.45, 7) is 18.4. The van der Waals surface area contributed by atoms with Gasteiger partial charge in [0.1, 0.15) is 0 Å². The van der Waals surface area contributed by atoms with Crippen LogP contribution in [-0.2, 0) is 8.85 Å². The molecule has 0 aromatic heterocycles. The third kappa shape index (κ3) is 7.36. The third-order valence-electron chi connectivity index (χ3n) is 3.10. The monoisotopic (exact) mass is 277 g/mol. The second-order valence-electron chi connectivity index (χ2n) is 5.80. The summed E-state index contributed by atoms with van der Waals surface area (Å²) in [7, 11) is -3.22. The Hall–Kier alpha value is 0.314. The Balaban J connectivity index is 4.38. The van der Waals surface area contributed by atoms with Crippen LogP contribution in [0.15, 0.2) is 0 Å². The van der Waals surface area contributed by atoms with E-state index in [0.29, 0.717) is 5.73 Å². The van der Waals surface area contributed by atoms with E-state index in [1.54, 1.807) is 0 Å². The van der Waals surface area contributed by atoms with Crippen LogP contribution in [0.3, 0.4) is 0 Å². The second kappa shape index (κ2) is 7.68. The summed E-state index contributed by atoms with van der Waals surface area (Å²) in [5.41, 5.74) is 0.368. The first-order valence-corrected chi connectivity index (χ1v) is 12.9. The maximum atomic E-state index is 6.33. The van der Waals surface area contributed by atoms with E-state index in [1.807, 2.05) is 0 Å². The zero-order valence-electron chi connectivity index (χ0n) is 12.7. The molecular weight excluding hydrogens is 246 g/mol. The van der Waals surface area contributed by atoms with Crippen molar-refractivity contribution in [2.45, 2.75) is 58.7 Å². The first kappa shape index (κ1) is 17.3. The first-order valence-electron chi connectivity index (χ1n) is 6.77. The van der Waals surface area contributed by atoms with Crippen molar-refractivity contribution in [3.05, 3.63) is 0 Å². The van der Waals surface area contributed by atoms with Gasteiger partial charge >= 0.3 is 8.56 Å². The Bertz CT molecular complexity index is 209. The molecule has 0 saturated heterocycles. The van der Waals surface area contributed by atoms with E-state index in [-0.39, 0.29) is 0 Å². The van der Waals surface area contributed by atoms with Gasteiger partial charge in [-0.15, -0.1) is 0 Å². The van der Waals surface area contributed by atoms with Crippen molar-refractivity contribution in [1.29, 1.82) is 0 Å². The summed E-state index contributed by atoms with van der Waals surface area (Å²) in [6.07, 6.45) is 0. The van der Waals surface area contributed by atoms with E-state index in [4.69, 9.17) is 8.85 Å². The molecule has 0 aromatic carbocycles. The maximum Gasteiger partial charge on any atom is 0.336 e. The summed E-state index contributed by atoms with van der Waals surface area (Å²) in [6, 6.07) is 1.03. The summed E-state index contributed by atoms with van der Waals surface area (Å²) in [5, 5.41) is 3.36. The lowest BCUT2D eigenvalue weighted by Crippen LogP contribution is -2.50. The van der Waals surface area contributed by atoms with Gasteiger partial charge in [-0.2, -0.15) is 0 Å². The van der Waals surface area contributed by atoms with E-state index in [2.05, 4.69) is 52.3 Å². The predicted octanol–water partition coefficient (Wildman–Crippen LogP) is 2.99. The summed E-state index contributed by atoms with van der Waals surface area (Å²) in [4.78, 5) is 0. The van der Waals surface area contributed by atoms with Crippen LogP contribution in [0.5, 0.6) is 0 Å². The molecule has 104 valence electrons. The maximum absolute atomic E-state index is 6.33. The highest BCUT2D eigenvalue weighted by Crippen LogP contribution is 2.20. The first-order chi connectivity index (χ1) is 7.75. The Kier molecular flexibility index (Phi) is 7.83. The molecule has 3 nitrogen and oxygen atoms in total. The van der Waals surface area contributed by atoms with Gasteiger partial charge in [0.15, 0.2) is 0 Å². The molecule has 0 aromatic rings. The lowest BCUT2D eigenvalue weighted by atomic mass is 10.7. The van der Waals surface area contributed by atoms with Crippen molar-refractivity contribution < 1.29 is 8.85 Å². The molecular formula is C12H31NO2Si2. The molecule has 17 heavy (non-hydrogen) atoms. The number of hydrogen-bond acceptors (Lipinski definition) is 3. The highest BCUT2D eigenvalue weighted by Gasteiger charge is 2.36. The van der Waals surface area contributed by atoms with Gasteiger partial charge in [-0.05, 0) is 33.5 Å². The van der Waals surface area contributed by atoms with Crippen molar-refractivity contribution in [1.82, 2.24) is 5.32 Å². The molecule has 0 bridgehead atoms. The Labute approximate surface area is 110 Å². The minimum absolute atomic E-state index is 0.368. The molecule has 0 amide bonds. The van der Waals surface area contributed by atoms with Crippen molar-refractivity contribution in [2.75, 3.05) is 19.7 Å². The number of nitrogens with one attached hydrogen (secondary N) is 1. The molecule has 2 unspecified atom stereocenters. The molecule has 0 spiro atoms. The standard InChI is InChI=1S/C12H31NO2Si2/c1-8-13-10-11-17(7,14-9-2)15-12(3)16(4,5)6/h12-13H,8-11H2,1-7H3. The fourth-order valence-corrected chi connectivity index (χ4v) is 6.00. The lowest BCUT2D eigenvalue weighted by molar-refractivity contribution is 0.165. The second-order valence-corrected chi connectivity index (χ2v) is 14.6. The Morgan fingerprint density at radius 2 is 1.71 bits per heavy atom. The van der Waals surface area contributed by atoms with Gasteiger partial charge in [0.25, 0.3) is 0 Å². The molecule has 1 N–H and O–H groups in total. The van der Waals surface area contributed by atoms with Gasteiger partial charge in [0, 0.05) is 18.4 Å². The minimum Gasteiger partial charge on any atom is -0.395 e.